The lowest BCUT2D eigenvalue weighted by molar-refractivity contribution is -0.142. The molecule has 0 fully saturated rings. The summed E-state index contributed by atoms with van der Waals surface area (Å²) in [6.45, 7) is 3.69. The van der Waals surface area contributed by atoms with Crippen molar-refractivity contribution in [2.75, 3.05) is 6.54 Å². The zero-order valence-corrected chi connectivity index (χ0v) is 23.8. The lowest BCUT2D eigenvalue weighted by atomic mass is 9.96. The molecule has 0 aliphatic rings. The molecular weight excluding hydrogens is 546 g/mol. The fourth-order valence-electron chi connectivity index (χ4n) is 4.30. The van der Waals surface area contributed by atoms with Crippen LogP contribution in [0.25, 0.3) is 10.9 Å². The molecular formula is C27H41N9O6. The number of para-hydroxylation sites is 1. The van der Waals surface area contributed by atoms with E-state index in [9.17, 15) is 29.1 Å². The first-order valence-electron chi connectivity index (χ1n) is 13.6. The van der Waals surface area contributed by atoms with Crippen molar-refractivity contribution in [3.05, 3.63) is 36.0 Å². The summed E-state index contributed by atoms with van der Waals surface area (Å²) < 4.78 is 0. The van der Waals surface area contributed by atoms with E-state index in [1.807, 2.05) is 31.2 Å². The number of nitrogens with one attached hydrogen (secondary N) is 4. The van der Waals surface area contributed by atoms with Crippen LogP contribution in [0.15, 0.2) is 35.5 Å². The topological polar surface area (TPSA) is 274 Å². The lowest BCUT2D eigenvalue weighted by Crippen LogP contribution is -2.59. The number of amides is 4. The van der Waals surface area contributed by atoms with Gasteiger partial charge in [-0.2, -0.15) is 0 Å². The molecule has 1 aromatic carbocycles. The molecule has 5 atom stereocenters. The van der Waals surface area contributed by atoms with E-state index < -0.39 is 60.2 Å². The second-order valence-electron chi connectivity index (χ2n) is 10.1. The normalized spacial score (nSPS) is 14.5. The van der Waals surface area contributed by atoms with Crippen LogP contribution in [0.5, 0.6) is 0 Å². The Morgan fingerprint density at radius 1 is 0.976 bits per heavy atom. The molecule has 2 aromatic rings. The number of aromatic nitrogens is 1. The number of aliphatic carboxylic acids is 1. The summed E-state index contributed by atoms with van der Waals surface area (Å²) in [6, 6.07) is 2.65. The third-order valence-electron chi connectivity index (χ3n) is 6.84. The molecule has 4 amide bonds. The minimum absolute atomic E-state index is 0.0189. The van der Waals surface area contributed by atoms with Crippen LogP contribution in [-0.4, -0.2) is 76.4 Å². The molecule has 0 saturated heterocycles. The van der Waals surface area contributed by atoms with Crippen molar-refractivity contribution in [1.29, 1.82) is 0 Å². The van der Waals surface area contributed by atoms with Crippen LogP contribution in [0.3, 0.4) is 0 Å². The maximum absolute atomic E-state index is 13.3. The Labute approximate surface area is 243 Å². The highest BCUT2D eigenvalue weighted by Gasteiger charge is 2.33. The van der Waals surface area contributed by atoms with Gasteiger partial charge in [0.25, 0.3) is 0 Å². The first-order chi connectivity index (χ1) is 19.8. The van der Waals surface area contributed by atoms with Crippen LogP contribution in [0.1, 0.15) is 45.1 Å². The van der Waals surface area contributed by atoms with E-state index >= 15 is 0 Å². The summed E-state index contributed by atoms with van der Waals surface area (Å²) >= 11 is 0. The van der Waals surface area contributed by atoms with Gasteiger partial charge in [0.1, 0.15) is 18.1 Å². The van der Waals surface area contributed by atoms with Gasteiger partial charge in [0.05, 0.1) is 12.5 Å². The van der Waals surface area contributed by atoms with E-state index in [4.69, 9.17) is 22.9 Å². The Morgan fingerprint density at radius 3 is 2.26 bits per heavy atom. The number of guanidine groups is 1. The Bertz CT molecular complexity index is 1290. The molecule has 0 aliphatic heterocycles. The molecule has 42 heavy (non-hydrogen) atoms. The molecule has 15 nitrogen and oxygen atoms in total. The van der Waals surface area contributed by atoms with Crippen LogP contribution >= 0.6 is 0 Å². The average molecular weight is 588 g/mol. The van der Waals surface area contributed by atoms with Crippen molar-refractivity contribution in [2.24, 2.45) is 33.8 Å². The molecule has 0 radical (unpaired) electrons. The number of carboxylic acids is 1. The maximum atomic E-state index is 13.3. The summed E-state index contributed by atoms with van der Waals surface area (Å²) in [7, 11) is 0. The SMILES string of the molecule is CCC(C)C(NC(=O)C(N)Cc1c[nH]c2ccccc12)C(=O)NC(CC(N)=O)C(=O)NC(CCCN=C(N)N)C(=O)O. The minimum atomic E-state index is -1.49. The number of carboxylic acid groups (broad SMARTS) is 1. The van der Waals surface area contributed by atoms with Gasteiger partial charge in [0, 0.05) is 23.6 Å². The molecule has 13 N–H and O–H groups in total. The van der Waals surface area contributed by atoms with Crippen molar-refractivity contribution in [2.45, 2.75) is 70.1 Å². The van der Waals surface area contributed by atoms with Crippen LogP contribution in [0.4, 0.5) is 0 Å². The standard InChI is InChI=1S/C27H41N9O6/c1-3-14(2)22(36-23(38)17(28)11-15-13-33-18-8-5-4-7-16(15)18)25(40)35-20(12-21(29)37)24(39)34-19(26(41)42)9-6-10-32-27(30)31/h4-5,7-8,13-14,17,19-20,22,33H,3,6,9-12,28H2,1-2H3,(H2,29,37)(H,34,39)(H,35,40)(H,36,38)(H,41,42)(H4,30,31,32). The van der Waals surface area contributed by atoms with E-state index in [0.717, 1.165) is 16.5 Å². The fraction of sp³-hybridized carbons (Fsp3) is 0.481. The van der Waals surface area contributed by atoms with Crippen molar-refractivity contribution >= 4 is 46.5 Å². The molecule has 0 bridgehead atoms. The number of rotatable bonds is 17. The lowest BCUT2D eigenvalue weighted by Gasteiger charge is -2.27. The second kappa shape index (κ2) is 16.0. The zero-order valence-electron chi connectivity index (χ0n) is 23.8. The van der Waals surface area contributed by atoms with Crippen LogP contribution in [-0.2, 0) is 30.4 Å². The van der Waals surface area contributed by atoms with Gasteiger partial charge in [-0.05, 0) is 36.8 Å². The predicted molar refractivity (Wildman–Crippen MR) is 157 cm³/mol. The first kappa shape index (κ1) is 33.5. The Kier molecular flexibility index (Phi) is 12.7. The first-order valence-corrected chi connectivity index (χ1v) is 13.6. The highest BCUT2D eigenvalue weighted by atomic mass is 16.4. The van der Waals surface area contributed by atoms with Gasteiger partial charge >= 0.3 is 5.97 Å². The number of hydrogen-bond acceptors (Lipinski definition) is 7. The number of hydrogen-bond donors (Lipinski definition) is 9. The van der Waals surface area contributed by atoms with Crippen molar-refractivity contribution < 1.29 is 29.1 Å². The van der Waals surface area contributed by atoms with Gasteiger partial charge in [-0.1, -0.05) is 38.5 Å². The van der Waals surface area contributed by atoms with Gasteiger partial charge in [-0.25, -0.2) is 4.79 Å². The van der Waals surface area contributed by atoms with Gasteiger partial charge in [-0.3, -0.25) is 24.2 Å². The smallest absolute Gasteiger partial charge is 0.326 e. The number of primary amides is 1. The van der Waals surface area contributed by atoms with E-state index in [1.54, 1.807) is 13.1 Å². The summed E-state index contributed by atoms with van der Waals surface area (Å²) in [5.74, 6) is -5.03. The average Bonchev–Trinajstić information content (AvgIpc) is 3.34. The minimum Gasteiger partial charge on any atom is -0.480 e. The van der Waals surface area contributed by atoms with Crippen molar-refractivity contribution in [1.82, 2.24) is 20.9 Å². The van der Waals surface area contributed by atoms with Crippen LogP contribution < -0.4 is 38.9 Å². The fourth-order valence-corrected chi connectivity index (χ4v) is 4.30. The Morgan fingerprint density at radius 2 is 1.64 bits per heavy atom. The molecule has 0 saturated carbocycles. The molecule has 0 aliphatic carbocycles. The number of nitrogens with two attached hydrogens (primary N) is 4. The predicted octanol–water partition coefficient (Wildman–Crippen LogP) is -1.45. The Hall–Kier alpha value is -4.66. The van der Waals surface area contributed by atoms with Crippen molar-refractivity contribution in [3.63, 3.8) is 0 Å². The van der Waals surface area contributed by atoms with Gasteiger partial charge in [-0.15, -0.1) is 0 Å². The number of carbonyl (C=O) groups is 5. The van der Waals surface area contributed by atoms with Crippen LogP contribution in [0, 0.1) is 5.92 Å². The summed E-state index contributed by atoms with van der Waals surface area (Å²) in [4.78, 5) is 69.7. The largest absolute Gasteiger partial charge is 0.480 e. The van der Waals surface area contributed by atoms with E-state index in [0.29, 0.717) is 6.42 Å². The maximum Gasteiger partial charge on any atom is 0.326 e. The number of carbonyl (C=O) groups excluding carboxylic acids is 4. The highest BCUT2D eigenvalue weighted by Crippen LogP contribution is 2.19. The quantitative estimate of drug-likeness (QED) is 0.0594. The van der Waals surface area contributed by atoms with Crippen LogP contribution in [0.2, 0.25) is 0 Å². The molecule has 5 unspecified atom stereocenters. The number of H-pyrrole nitrogens is 1. The monoisotopic (exact) mass is 587 g/mol. The Balaban J connectivity index is 2.12. The molecule has 0 spiro atoms. The van der Waals surface area contributed by atoms with E-state index in [1.165, 1.54) is 0 Å². The van der Waals surface area contributed by atoms with Crippen molar-refractivity contribution in [3.8, 4) is 0 Å². The van der Waals surface area contributed by atoms with Gasteiger partial charge < -0.3 is 49.0 Å². The zero-order chi connectivity index (χ0) is 31.4. The van der Waals surface area contributed by atoms with E-state index in [-0.39, 0.29) is 37.7 Å². The number of nitrogens with zero attached hydrogens (tertiary/aromatic N) is 1. The summed E-state index contributed by atoms with van der Waals surface area (Å²) in [6.07, 6.45) is 2.09. The molecule has 1 heterocycles. The molecule has 2 rings (SSSR count). The second-order valence-corrected chi connectivity index (χ2v) is 10.1. The number of benzene rings is 1. The third kappa shape index (κ3) is 10.1. The van der Waals surface area contributed by atoms with Gasteiger partial charge in [0.15, 0.2) is 5.96 Å². The molecule has 230 valence electrons. The molecule has 15 heteroatoms. The third-order valence-corrected chi connectivity index (χ3v) is 6.84. The van der Waals surface area contributed by atoms with E-state index in [2.05, 4.69) is 25.9 Å². The molecule has 1 aromatic heterocycles. The summed E-state index contributed by atoms with van der Waals surface area (Å²) in [5, 5.41) is 17.9. The van der Waals surface area contributed by atoms with Gasteiger partial charge in [0.2, 0.25) is 23.6 Å². The summed E-state index contributed by atoms with van der Waals surface area (Å²) in [5.41, 5.74) is 23.7. The number of aliphatic imine (C=N–C) groups is 1. The highest BCUT2D eigenvalue weighted by molar-refractivity contribution is 5.96. The number of aromatic amines is 1. The number of fused-ring (bicyclic) bond motifs is 1.